The molecular weight excluding hydrogens is 472 g/mol. The highest BCUT2D eigenvalue weighted by atomic mass is 16.3. The van der Waals surface area contributed by atoms with Gasteiger partial charge in [0.1, 0.15) is 5.75 Å². The first kappa shape index (κ1) is 27.6. The molecule has 3 aliphatic carbocycles. The van der Waals surface area contributed by atoms with Gasteiger partial charge in [-0.3, -0.25) is 4.98 Å². The lowest BCUT2D eigenvalue weighted by molar-refractivity contribution is -0.0715. The van der Waals surface area contributed by atoms with E-state index in [-0.39, 0.29) is 17.4 Å². The van der Waals surface area contributed by atoms with E-state index in [1.165, 1.54) is 43.2 Å². The quantitative estimate of drug-likeness (QED) is 0.254. The molecular formula is C33H48N2O3. The molecule has 2 fully saturated rings. The molecule has 0 amide bonds. The lowest BCUT2D eigenvalue weighted by atomic mass is 9.55. The average Bonchev–Trinajstić information content (AvgIpc) is 3.17. The Balaban J connectivity index is 1.08. The molecule has 3 aliphatic rings. The first-order chi connectivity index (χ1) is 18.5. The van der Waals surface area contributed by atoms with Crippen molar-refractivity contribution in [3.05, 3.63) is 59.4 Å². The Morgan fingerprint density at radius 2 is 1.84 bits per heavy atom. The van der Waals surface area contributed by atoms with Crippen LogP contribution in [0.3, 0.4) is 0 Å². The third-order valence-electron chi connectivity index (χ3n) is 10.6. The predicted molar refractivity (Wildman–Crippen MR) is 152 cm³/mol. The van der Waals surface area contributed by atoms with Gasteiger partial charge in [0.15, 0.2) is 0 Å². The number of benzene rings is 1. The molecule has 0 bridgehead atoms. The van der Waals surface area contributed by atoms with Gasteiger partial charge in [-0.15, -0.1) is 0 Å². The summed E-state index contributed by atoms with van der Waals surface area (Å²) < 4.78 is 0. The Labute approximate surface area is 229 Å². The topological polar surface area (TPSA) is 85.6 Å². The van der Waals surface area contributed by atoms with Crippen molar-refractivity contribution in [3.63, 3.8) is 0 Å². The number of aliphatic hydroxyl groups is 2. The van der Waals surface area contributed by atoms with E-state index in [0.29, 0.717) is 23.5 Å². The number of nitrogens with one attached hydrogen (secondary N) is 1. The summed E-state index contributed by atoms with van der Waals surface area (Å²) in [4.78, 5) is 4.35. The number of fused-ring (bicyclic) bond motifs is 5. The van der Waals surface area contributed by atoms with Crippen LogP contribution in [0.25, 0.3) is 0 Å². The van der Waals surface area contributed by atoms with Crippen LogP contribution in [-0.2, 0) is 13.0 Å². The second kappa shape index (κ2) is 12.1. The van der Waals surface area contributed by atoms with Crippen molar-refractivity contribution in [1.29, 1.82) is 0 Å². The van der Waals surface area contributed by atoms with E-state index in [1.807, 2.05) is 30.5 Å². The van der Waals surface area contributed by atoms with Gasteiger partial charge in [-0.2, -0.15) is 0 Å². The lowest BCUT2D eigenvalue weighted by Crippen LogP contribution is -2.46. The Morgan fingerprint density at radius 3 is 2.63 bits per heavy atom. The zero-order valence-corrected chi connectivity index (χ0v) is 23.2. The van der Waals surface area contributed by atoms with Crippen LogP contribution in [0, 0.1) is 22.7 Å². The van der Waals surface area contributed by atoms with Crippen molar-refractivity contribution in [1.82, 2.24) is 10.3 Å². The van der Waals surface area contributed by atoms with E-state index < -0.39 is 6.10 Å². The SMILES string of the molecule is C[C@]12CCC3c4ccc(O)cc4CCC3C1C[C@@](CO)(CCCCCCCCNCc1ccccn1)[C@@H]2O. The molecule has 38 heavy (non-hydrogen) atoms. The fourth-order valence-electron chi connectivity index (χ4n) is 8.51. The van der Waals surface area contributed by atoms with Gasteiger partial charge in [0.05, 0.1) is 18.4 Å². The Morgan fingerprint density at radius 1 is 1.03 bits per heavy atom. The van der Waals surface area contributed by atoms with E-state index >= 15 is 0 Å². The van der Waals surface area contributed by atoms with Gasteiger partial charge in [0.25, 0.3) is 0 Å². The molecule has 5 heteroatoms. The number of aryl methyl sites for hydroxylation is 1. The second-order valence-electron chi connectivity index (χ2n) is 12.8. The van der Waals surface area contributed by atoms with Gasteiger partial charge in [0, 0.05) is 18.2 Å². The highest BCUT2D eigenvalue weighted by Crippen LogP contribution is 2.66. The maximum Gasteiger partial charge on any atom is 0.115 e. The normalized spacial score (nSPS) is 32.0. The van der Waals surface area contributed by atoms with Gasteiger partial charge in [-0.1, -0.05) is 51.2 Å². The van der Waals surface area contributed by atoms with Gasteiger partial charge in [-0.05, 0) is 110 Å². The molecule has 1 aromatic heterocycles. The van der Waals surface area contributed by atoms with Crippen molar-refractivity contribution >= 4 is 0 Å². The maximum atomic E-state index is 11.7. The zero-order chi connectivity index (χ0) is 26.6. The number of hydrogen-bond acceptors (Lipinski definition) is 5. The maximum absolute atomic E-state index is 11.7. The monoisotopic (exact) mass is 520 g/mol. The molecule has 0 saturated heterocycles. The molecule has 5 nitrogen and oxygen atoms in total. The second-order valence-corrected chi connectivity index (χ2v) is 12.8. The Hall–Kier alpha value is -1.95. The van der Waals surface area contributed by atoms with E-state index in [4.69, 9.17) is 0 Å². The number of hydrogen-bond donors (Lipinski definition) is 4. The molecule has 1 heterocycles. The van der Waals surface area contributed by atoms with Crippen LogP contribution < -0.4 is 5.32 Å². The fraction of sp³-hybridized carbons (Fsp3) is 0.667. The summed E-state index contributed by atoms with van der Waals surface area (Å²) >= 11 is 0. The van der Waals surface area contributed by atoms with Crippen LogP contribution in [0.15, 0.2) is 42.6 Å². The van der Waals surface area contributed by atoms with Crippen LogP contribution >= 0.6 is 0 Å². The third kappa shape index (κ3) is 5.52. The van der Waals surface area contributed by atoms with Crippen molar-refractivity contribution in [3.8, 4) is 5.75 Å². The standard InChI is InChI=1S/C33H48N2O3/c1-32-17-15-28-27-14-12-26(37)20-24(27)11-13-29(28)30(32)21-33(23-36,31(32)38)16-7-4-2-3-5-8-18-34-22-25-10-6-9-19-35-25/h6,9-10,12,14,19-20,28-31,34,36-38H,2-5,7-8,11,13,15-18,21-23H2,1H3/t28?,29?,30?,31-,32+,33-/m1/s1. The molecule has 2 aromatic rings. The molecule has 208 valence electrons. The number of phenolic OH excluding ortho intramolecular Hbond substituents is 1. The van der Waals surface area contributed by atoms with E-state index in [9.17, 15) is 15.3 Å². The summed E-state index contributed by atoms with van der Waals surface area (Å²) in [6.07, 6.45) is 14.8. The number of pyridine rings is 1. The van der Waals surface area contributed by atoms with Crippen LogP contribution in [-0.4, -0.2) is 39.6 Å². The van der Waals surface area contributed by atoms with Crippen LogP contribution in [0.5, 0.6) is 5.75 Å². The minimum Gasteiger partial charge on any atom is -0.508 e. The number of nitrogens with zero attached hydrogens (tertiary/aromatic N) is 1. The van der Waals surface area contributed by atoms with Crippen LogP contribution in [0.2, 0.25) is 0 Å². The van der Waals surface area contributed by atoms with Crippen LogP contribution in [0.4, 0.5) is 0 Å². The van der Waals surface area contributed by atoms with Crippen molar-refractivity contribution in [2.24, 2.45) is 22.7 Å². The highest BCUT2D eigenvalue weighted by molar-refractivity contribution is 5.40. The minimum absolute atomic E-state index is 0.0966. The first-order valence-electron chi connectivity index (χ1n) is 15.2. The summed E-state index contributed by atoms with van der Waals surface area (Å²) in [7, 11) is 0. The molecule has 4 N–H and O–H groups in total. The summed E-state index contributed by atoms with van der Waals surface area (Å²) in [6, 6.07) is 12.0. The van der Waals surface area contributed by atoms with Gasteiger partial charge < -0.3 is 20.6 Å². The minimum atomic E-state index is -0.419. The van der Waals surface area contributed by atoms with Gasteiger partial charge in [0.2, 0.25) is 0 Å². The molecule has 0 radical (unpaired) electrons. The predicted octanol–water partition coefficient (Wildman–Crippen LogP) is 6.11. The zero-order valence-electron chi connectivity index (χ0n) is 23.2. The number of phenols is 1. The Kier molecular flexibility index (Phi) is 8.76. The third-order valence-corrected chi connectivity index (χ3v) is 10.6. The molecule has 0 spiro atoms. The molecule has 2 saturated carbocycles. The molecule has 0 aliphatic heterocycles. The number of rotatable bonds is 12. The molecule has 1 aromatic carbocycles. The highest BCUT2D eigenvalue weighted by Gasteiger charge is 2.63. The smallest absolute Gasteiger partial charge is 0.115 e. The van der Waals surface area contributed by atoms with E-state index in [0.717, 1.165) is 63.7 Å². The van der Waals surface area contributed by atoms with E-state index in [1.54, 1.807) is 0 Å². The van der Waals surface area contributed by atoms with E-state index in [2.05, 4.69) is 29.4 Å². The molecule has 3 unspecified atom stereocenters. The van der Waals surface area contributed by atoms with Gasteiger partial charge >= 0.3 is 0 Å². The number of unbranched alkanes of at least 4 members (excludes halogenated alkanes) is 5. The first-order valence-corrected chi connectivity index (χ1v) is 15.2. The largest absolute Gasteiger partial charge is 0.508 e. The van der Waals surface area contributed by atoms with Crippen LogP contribution in [0.1, 0.15) is 100 Å². The lowest BCUT2D eigenvalue weighted by Gasteiger charge is -2.50. The summed E-state index contributed by atoms with van der Waals surface area (Å²) in [5, 5.41) is 35.8. The fourth-order valence-corrected chi connectivity index (χ4v) is 8.51. The van der Waals surface area contributed by atoms with Crippen molar-refractivity contribution in [2.45, 2.75) is 103 Å². The average molecular weight is 521 g/mol. The Bertz CT molecular complexity index is 1050. The molecule has 6 atom stereocenters. The van der Waals surface area contributed by atoms with Crippen molar-refractivity contribution < 1.29 is 15.3 Å². The number of aliphatic hydroxyl groups excluding tert-OH is 2. The van der Waals surface area contributed by atoms with Gasteiger partial charge in [-0.25, -0.2) is 0 Å². The molecule has 5 rings (SSSR count). The summed E-state index contributed by atoms with van der Waals surface area (Å²) in [5.74, 6) is 1.93. The number of aromatic hydroxyl groups is 1. The number of aromatic nitrogens is 1. The summed E-state index contributed by atoms with van der Waals surface area (Å²) in [6.45, 7) is 4.28. The summed E-state index contributed by atoms with van der Waals surface area (Å²) in [5.41, 5.74) is 3.38. The van der Waals surface area contributed by atoms with Crippen molar-refractivity contribution in [2.75, 3.05) is 13.2 Å².